The largest absolute Gasteiger partial charge is 0.316 e. The van der Waals surface area contributed by atoms with Crippen molar-refractivity contribution in [2.75, 3.05) is 13.1 Å². The van der Waals surface area contributed by atoms with Crippen molar-refractivity contribution in [1.29, 1.82) is 0 Å². The molecule has 0 aliphatic heterocycles. The zero-order valence-electron chi connectivity index (χ0n) is 9.31. The van der Waals surface area contributed by atoms with E-state index in [1.807, 2.05) is 0 Å². The van der Waals surface area contributed by atoms with Gasteiger partial charge in [0.15, 0.2) is 0 Å². The minimum Gasteiger partial charge on any atom is -0.316 e. The molecule has 1 N–H and O–H groups in total. The van der Waals surface area contributed by atoms with Crippen LogP contribution in [0.3, 0.4) is 0 Å². The van der Waals surface area contributed by atoms with E-state index in [4.69, 9.17) is 0 Å². The van der Waals surface area contributed by atoms with Crippen LogP contribution in [0.15, 0.2) is 0 Å². The van der Waals surface area contributed by atoms with Crippen LogP contribution in [0.4, 0.5) is 0 Å². The van der Waals surface area contributed by atoms with Gasteiger partial charge >= 0.3 is 0 Å². The number of nitrogens with one attached hydrogen (secondary N) is 1. The minimum absolute atomic E-state index is 0.953. The summed E-state index contributed by atoms with van der Waals surface area (Å²) in [5.41, 5.74) is 0. The quantitative estimate of drug-likeness (QED) is 0.624. The van der Waals surface area contributed by atoms with Crippen LogP contribution in [0, 0.1) is 11.8 Å². The summed E-state index contributed by atoms with van der Waals surface area (Å²) in [5.74, 6) is 1.99. The summed E-state index contributed by atoms with van der Waals surface area (Å²) in [6, 6.07) is 0. The Morgan fingerprint density at radius 3 is 2.46 bits per heavy atom. The summed E-state index contributed by atoms with van der Waals surface area (Å²) >= 11 is 0. The number of rotatable bonds is 6. The zero-order chi connectivity index (χ0) is 9.52. The van der Waals surface area contributed by atoms with Crippen LogP contribution in [0.1, 0.15) is 52.4 Å². The standard InChI is InChI=1S/C12H25N/c1-3-9-13-10-11(4-2)12-7-5-6-8-12/h11-13H,3-10H2,1-2H3. The van der Waals surface area contributed by atoms with E-state index in [1.54, 1.807) is 0 Å². The first-order valence-electron chi connectivity index (χ1n) is 6.09. The SMILES string of the molecule is CCCNCC(CC)C1CCCC1. The van der Waals surface area contributed by atoms with Gasteiger partial charge in [-0.25, -0.2) is 0 Å². The van der Waals surface area contributed by atoms with Crippen molar-refractivity contribution >= 4 is 0 Å². The topological polar surface area (TPSA) is 12.0 Å². The van der Waals surface area contributed by atoms with Crippen LogP contribution < -0.4 is 5.32 Å². The first-order chi connectivity index (χ1) is 6.38. The maximum atomic E-state index is 3.56. The number of hydrogen-bond donors (Lipinski definition) is 1. The Balaban J connectivity index is 2.16. The average Bonchev–Trinajstić information content (AvgIpc) is 2.65. The van der Waals surface area contributed by atoms with Gasteiger partial charge in [0.1, 0.15) is 0 Å². The van der Waals surface area contributed by atoms with E-state index in [0.717, 1.165) is 11.8 Å². The Morgan fingerprint density at radius 2 is 1.92 bits per heavy atom. The van der Waals surface area contributed by atoms with Crippen molar-refractivity contribution < 1.29 is 0 Å². The van der Waals surface area contributed by atoms with Gasteiger partial charge in [-0.2, -0.15) is 0 Å². The van der Waals surface area contributed by atoms with Crippen LogP contribution in [-0.4, -0.2) is 13.1 Å². The molecule has 1 aliphatic carbocycles. The molecule has 0 saturated heterocycles. The molecule has 0 radical (unpaired) electrons. The molecule has 0 aromatic carbocycles. The Hall–Kier alpha value is -0.0400. The second-order valence-corrected chi connectivity index (χ2v) is 4.42. The lowest BCUT2D eigenvalue weighted by atomic mass is 9.88. The highest BCUT2D eigenvalue weighted by atomic mass is 14.9. The van der Waals surface area contributed by atoms with Crippen molar-refractivity contribution in [3.05, 3.63) is 0 Å². The van der Waals surface area contributed by atoms with Gasteiger partial charge in [0, 0.05) is 0 Å². The molecule has 1 heteroatoms. The van der Waals surface area contributed by atoms with E-state index in [-0.39, 0.29) is 0 Å². The van der Waals surface area contributed by atoms with E-state index < -0.39 is 0 Å². The molecule has 0 heterocycles. The maximum Gasteiger partial charge on any atom is -0.00180 e. The molecule has 0 bridgehead atoms. The number of hydrogen-bond acceptors (Lipinski definition) is 1. The predicted octanol–water partition coefficient (Wildman–Crippen LogP) is 3.20. The molecule has 78 valence electrons. The van der Waals surface area contributed by atoms with Crippen molar-refractivity contribution in [1.82, 2.24) is 5.32 Å². The third-order valence-corrected chi connectivity index (χ3v) is 3.42. The summed E-state index contributed by atoms with van der Waals surface area (Å²) in [6.45, 7) is 7.04. The predicted molar refractivity (Wildman–Crippen MR) is 58.9 cm³/mol. The fourth-order valence-corrected chi connectivity index (χ4v) is 2.54. The van der Waals surface area contributed by atoms with Crippen LogP contribution >= 0.6 is 0 Å². The fourth-order valence-electron chi connectivity index (χ4n) is 2.54. The monoisotopic (exact) mass is 183 g/mol. The Kier molecular flexibility index (Phi) is 5.45. The summed E-state index contributed by atoms with van der Waals surface area (Å²) in [6.07, 6.45) is 8.57. The van der Waals surface area contributed by atoms with Gasteiger partial charge in [0.2, 0.25) is 0 Å². The van der Waals surface area contributed by atoms with Crippen molar-refractivity contribution in [2.45, 2.75) is 52.4 Å². The Bertz CT molecular complexity index is 116. The maximum absolute atomic E-state index is 3.56. The van der Waals surface area contributed by atoms with E-state index in [9.17, 15) is 0 Å². The van der Waals surface area contributed by atoms with Gasteiger partial charge in [-0.15, -0.1) is 0 Å². The highest BCUT2D eigenvalue weighted by molar-refractivity contribution is 4.76. The summed E-state index contributed by atoms with van der Waals surface area (Å²) in [7, 11) is 0. The summed E-state index contributed by atoms with van der Waals surface area (Å²) < 4.78 is 0. The fraction of sp³-hybridized carbons (Fsp3) is 1.00. The molecule has 1 saturated carbocycles. The molecular formula is C12H25N. The lowest BCUT2D eigenvalue weighted by Gasteiger charge is -2.22. The van der Waals surface area contributed by atoms with Crippen LogP contribution in [-0.2, 0) is 0 Å². The molecular weight excluding hydrogens is 158 g/mol. The molecule has 1 atom stereocenters. The van der Waals surface area contributed by atoms with Crippen molar-refractivity contribution in [3.63, 3.8) is 0 Å². The Morgan fingerprint density at radius 1 is 1.23 bits per heavy atom. The normalized spacial score (nSPS) is 20.8. The smallest absolute Gasteiger partial charge is 0.00180 e. The van der Waals surface area contributed by atoms with Crippen molar-refractivity contribution in [3.8, 4) is 0 Å². The van der Waals surface area contributed by atoms with E-state index >= 15 is 0 Å². The molecule has 1 aliphatic rings. The van der Waals surface area contributed by atoms with E-state index in [0.29, 0.717) is 0 Å². The summed E-state index contributed by atoms with van der Waals surface area (Å²) in [4.78, 5) is 0. The highest BCUT2D eigenvalue weighted by Gasteiger charge is 2.22. The highest BCUT2D eigenvalue weighted by Crippen LogP contribution is 2.32. The second kappa shape index (κ2) is 6.42. The molecule has 0 amide bonds. The molecule has 0 spiro atoms. The summed E-state index contributed by atoms with van der Waals surface area (Å²) in [5, 5.41) is 3.56. The third-order valence-electron chi connectivity index (χ3n) is 3.42. The lowest BCUT2D eigenvalue weighted by molar-refractivity contribution is 0.314. The lowest BCUT2D eigenvalue weighted by Crippen LogP contribution is -2.27. The first-order valence-corrected chi connectivity index (χ1v) is 6.09. The van der Waals surface area contributed by atoms with Crippen molar-refractivity contribution in [2.24, 2.45) is 11.8 Å². The van der Waals surface area contributed by atoms with Gasteiger partial charge in [0.25, 0.3) is 0 Å². The molecule has 0 aromatic rings. The van der Waals surface area contributed by atoms with Gasteiger partial charge in [0.05, 0.1) is 0 Å². The van der Waals surface area contributed by atoms with Crippen LogP contribution in [0.2, 0.25) is 0 Å². The van der Waals surface area contributed by atoms with E-state index in [1.165, 1.54) is 51.6 Å². The third kappa shape index (κ3) is 3.68. The zero-order valence-corrected chi connectivity index (χ0v) is 9.31. The van der Waals surface area contributed by atoms with Crippen LogP contribution in [0.25, 0.3) is 0 Å². The molecule has 1 fully saturated rings. The molecule has 1 unspecified atom stereocenters. The molecule has 0 aromatic heterocycles. The average molecular weight is 183 g/mol. The molecule has 13 heavy (non-hydrogen) atoms. The van der Waals surface area contributed by atoms with Gasteiger partial charge < -0.3 is 5.32 Å². The van der Waals surface area contributed by atoms with Gasteiger partial charge in [-0.1, -0.05) is 46.0 Å². The second-order valence-electron chi connectivity index (χ2n) is 4.42. The van der Waals surface area contributed by atoms with Gasteiger partial charge in [-0.05, 0) is 31.3 Å². The minimum atomic E-state index is 0.953. The Labute approximate surface area is 83.3 Å². The molecule has 1 nitrogen and oxygen atoms in total. The van der Waals surface area contributed by atoms with Gasteiger partial charge in [-0.3, -0.25) is 0 Å². The van der Waals surface area contributed by atoms with Crippen LogP contribution in [0.5, 0.6) is 0 Å². The molecule has 1 rings (SSSR count). The van der Waals surface area contributed by atoms with E-state index in [2.05, 4.69) is 19.2 Å². The first kappa shape index (κ1) is 11.0.